The van der Waals surface area contributed by atoms with E-state index in [1.165, 1.54) is 24.1 Å². The molecule has 4 heteroatoms. The summed E-state index contributed by atoms with van der Waals surface area (Å²) in [6, 6.07) is 4.23. The fourth-order valence-corrected chi connectivity index (χ4v) is 4.06. The molecule has 22 heavy (non-hydrogen) atoms. The summed E-state index contributed by atoms with van der Waals surface area (Å²) < 4.78 is 12.9. The standard InChI is InChI=1S/C18H28BrNO2/c1-13-9-17(19)10-14(2)18(13)21-8-6-5-7-20-11-15(3)22-16(4)12-20/h9-10,15-16H,5-8,11-12H2,1-4H3/p+1/t15-,16-/m1/s1. The van der Waals surface area contributed by atoms with Crippen LogP contribution in [0.25, 0.3) is 0 Å². The Morgan fingerprint density at radius 2 is 1.73 bits per heavy atom. The highest BCUT2D eigenvalue weighted by molar-refractivity contribution is 9.10. The quantitative estimate of drug-likeness (QED) is 0.778. The lowest BCUT2D eigenvalue weighted by Gasteiger charge is -2.32. The van der Waals surface area contributed by atoms with Gasteiger partial charge in [-0.05, 0) is 63.8 Å². The van der Waals surface area contributed by atoms with Gasteiger partial charge in [-0.15, -0.1) is 0 Å². The van der Waals surface area contributed by atoms with Gasteiger partial charge in [0.2, 0.25) is 0 Å². The number of hydrogen-bond donors (Lipinski definition) is 1. The van der Waals surface area contributed by atoms with Crippen LogP contribution in [-0.2, 0) is 4.74 Å². The highest BCUT2D eigenvalue weighted by atomic mass is 79.9. The second-order valence-corrected chi connectivity index (χ2v) is 7.51. The van der Waals surface area contributed by atoms with Crippen molar-refractivity contribution in [3.63, 3.8) is 0 Å². The van der Waals surface area contributed by atoms with E-state index < -0.39 is 0 Å². The minimum atomic E-state index is 0.392. The number of quaternary nitrogens is 1. The maximum atomic E-state index is 6.00. The van der Waals surface area contributed by atoms with E-state index >= 15 is 0 Å². The number of aryl methyl sites for hydroxylation is 2. The smallest absolute Gasteiger partial charge is 0.125 e. The van der Waals surface area contributed by atoms with E-state index in [4.69, 9.17) is 9.47 Å². The average molecular weight is 371 g/mol. The Hall–Kier alpha value is -0.580. The van der Waals surface area contributed by atoms with Gasteiger partial charge in [-0.25, -0.2) is 0 Å². The Kier molecular flexibility index (Phi) is 6.72. The van der Waals surface area contributed by atoms with E-state index in [1.54, 1.807) is 4.90 Å². The van der Waals surface area contributed by atoms with E-state index in [-0.39, 0.29) is 0 Å². The van der Waals surface area contributed by atoms with E-state index in [1.807, 2.05) is 0 Å². The van der Waals surface area contributed by atoms with Crippen LogP contribution in [0.4, 0.5) is 0 Å². The summed E-state index contributed by atoms with van der Waals surface area (Å²) in [7, 11) is 0. The maximum Gasteiger partial charge on any atom is 0.125 e. The minimum absolute atomic E-state index is 0.392. The molecule has 2 atom stereocenters. The van der Waals surface area contributed by atoms with Gasteiger partial charge < -0.3 is 14.4 Å². The molecule has 0 bridgehead atoms. The van der Waals surface area contributed by atoms with Gasteiger partial charge in [-0.3, -0.25) is 0 Å². The molecule has 0 amide bonds. The van der Waals surface area contributed by atoms with Gasteiger partial charge in [0.1, 0.15) is 31.0 Å². The minimum Gasteiger partial charge on any atom is -0.493 e. The molecule has 1 fully saturated rings. The van der Waals surface area contributed by atoms with Gasteiger partial charge in [0.15, 0.2) is 0 Å². The summed E-state index contributed by atoms with van der Waals surface area (Å²) in [5, 5.41) is 0. The largest absolute Gasteiger partial charge is 0.493 e. The molecule has 124 valence electrons. The molecule has 1 saturated heterocycles. The van der Waals surface area contributed by atoms with Gasteiger partial charge in [0.05, 0.1) is 13.2 Å². The molecule has 0 aromatic heterocycles. The number of halogens is 1. The van der Waals surface area contributed by atoms with Gasteiger partial charge in [-0.2, -0.15) is 0 Å². The van der Waals surface area contributed by atoms with Crippen LogP contribution < -0.4 is 9.64 Å². The van der Waals surface area contributed by atoms with Crippen LogP contribution in [-0.4, -0.2) is 38.4 Å². The van der Waals surface area contributed by atoms with Gasteiger partial charge >= 0.3 is 0 Å². The molecule has 0 aliphatic carbocycles. The molecule has 0 unspecified atom stereocenters. The van der Waals surface area contributed by atoms with Crippen molar-refractivity contribution in [1.29, 1.82) is 0 Å². The lowest BCUT2D eigenvalue weighted by molar-refractivity contribution is -0.915. The van der Waals surface area contributed by atoms with Crippen molar-refractivity contribution in [1.82, 2.24) is 0 Å². The zero-order chi connectivity index (χ0) is 16.1. The summed E-state index contributed by atoms with van der Waals surface area (Å²) in [4.78, 5) is 1.67. The summed E-state index contributed by atoms with van der Waals surface area (Å²) in [6.07, 6.45) is 3.11. The summed E-state index contributed by atoms with van der Waals surface area (Å²) in [6.45, 7) is 12.9. The molecule has 0 spiro atoms. The van der Waals surface area contributed by atoms with Gasteiger partial charge in [0, 0.05) is 4.47 Å². The first-order valence-electron chi connectivity index (χ1n) is 8.34. The summed E-state index contributed by atoms with van der Waals surface area (Å²) >= 11 is 3.53. The molecule has 1 heterocycles. The molecule has 2 rings (SSSR count). The van der Waals surface area contributed by atoms with Crippen LogP contribution in [0.5, 0.6) is 5.75 Å². The molecule has 3 nitrogen and oxygen atoms in total. The number of rotatable bonds is 6. The number of nitrogens with one attached hydrogen (secondary N) is 1. The van der Waals surface area contributed by atoms with Crippen molar-refractivity contribution in [3.05, 3.63) is 27.7 Å². The van der Waals surface area contributed by atoms with Gasteiger partial charge in [0.25, 0.3) is 0 Å². The first kappa shape index (κ1) is 17.8. The Labute approximate surface area is 143 Å². The van der Waals surface area contributed by atoms with E-state index in [0.717, 1.165) is 36.3 Å². The molecular weight excluding hydrogens is 342 g/mol. The number of ether oxygens (including phenoxy) is 2. The predicted molar refractivity (Wildman–Crippen MR) is 93.9 cm³/mol. The number of unbranched alkanes of at least 4 members (excludes halogenated alkanes) is 1. The lowest BCUT2D eigenvalue weighted by Crippen LogP contribution is -3.15. The second kappa shape index (κ2) is 8.32. The normalized spacial score (nSPS) is 25.2. The van der Waals surface area contributed by atoms with Crippen LogP contribution in [0.2, 0.25) is 0 Å². The third-order valence-corrected chi connectivity index (χ3v) is 4.67. The fraction of sp³-hybridized carbons (Fsp3) is 0.667. The molecule has 0 radical (unpaired) electrons. The maximum absolute atomic E-state index is 6.00. The zero-order valence-electron chi connectivity index (χ0n) is 14.2. The van der Waals surface area contributed by atoms with Crippen molar-refractivity contribution in [3.8, 4) is 5.75 Å². The Morgan fingerprint density at radius 1 is 1.14 bits per heavy atom. The van der Waals surface area contributed by atoms with Crippen LogP contribution in [0.15, 0.2) is 16.6 Å². The van der Waals surface area contributed by atoms with Crippen molar-refractivity contribution < 1.29 is 14.4 Å². The van der Waals surface area contributed by atoms with Crippen molar-refractivity contribution >= 4 is 15.9 Å². The van der Waals surface area contributed by atoms with Crippen LogP contribution >= 0.6 is 15.9 Å². The summed E-state index contributed by atoms with van der Waals surface area (Å²) in [5.74, 6) is 1.05. The van der Waals surface area contributed by atoms with Crippen LogP contribution in [0.3, 0.4) is 0 Å². The number of hydrogen-bond acceptors (Lipinski definition) is 2. The lowest BCUT2D eigenvalue weighted by atomic mass is 10.1. The Morgan fingerprint density at radius 3 is 2.32 bits per heavy atom. The molecular formula is C18H29BrNO2+. The molecule has 0 saturated carbocycles. The SMILES string of the molecule is Cc1cc(Br)cc(C)c1OCCCC[NH+]1C[C@@H](C)O[C@H](C)C1. The molecule has 1 aliphatic heterocycles. The van der Waals surface area contributed by atoms with Crippen molar-refractivity contribution in [2.24, 2.45) is 0 Å². The summed E-state index contributed by atoms with van der Waals surface area (Å²) in [5.41, 5.74) is 2.40. The fourth-order valence-electron chi connectivity index (χ4n) is 3.37. The Bertz CT molecular complexity index is 459. The third-order valence-electron chi connectivity index (χ3n) is 4.21. The molecule has 1 N–H and O–H groups in total. The van der Waals surface area contributed by atoms with E-state index in [9.17, 15) is 0 Å². The Balaban J connectivity index is 1.69. The van der Waals surface area contributed by atoms with Crippen LogP contribution in [0, 0.1) is 13.8 Å². The first-order chi connectivity index (χ1) is 10.5. The van der Waals surface area contributed by atoms with Crippen LogP contribution in [0.1, 0.15) is 37.8 Å². The predicted octanol–water partition coefficient (Wildman–Crippen LogP) is 2.92. The topological polar surface area (TPSA) is 22.9 Å². The molecule has 1 aliphatic rings. The van der Waals surface area contributed by atoms with Gasteiger partial charge in [-0.1, -0.05) is 15.9 Å². The monoisotopic (exact) mass is 370 g/mol. The highest BCUT2D eigenvalue weighted by Crippen LogP contribution is 2.27. The number of morpholine rings is 1. The average Bonchev–Trinajstić information content (AvgIpc) is 2.39. The second-order valence-electron chi connectivity index (χ2n) is 6.59. The van der Waals surface area contributed by atoms with E-state index in [2.05, 4.69) is 55.8 Å². The zero-order valence-corrected chi connectivity index (χ0v) is 15.8. The van der Waals surface area contributed by atoms with Crippen molar-refractivity contribution in [2.45, 2.75) is 52.7 Å². The van der Waals surface area contributed by atoms with Crippen molar-refractivity contribution in [2.75, 3.05) is 26.2 Å². The van der Waals surface area contributed by atoms with E-state index in [0.29, 0.717) is 12.2 Å². The first-order valence-corrected chi connectivity index (χ1v) is 9.13. The number of benzene rings is 1. The highest BCUT2D eigenvalue weighted by Gasteiger charge is 2.24. The third kappa shape index (κ3) is 5.25. The molecule has 1 aromatic carbocycles. The molecule has 1 aromatic rings.